The molecule has 0 aromatic heterocycles. The molecule has 0 atom stereocenters. The third-order valence-electron chi connectivity index (χ3n) is 6.57. The highest BCUT2D eigenvalue weighted by molar-refractivity contribution is 4.97. The Balaban J connectivity index is 1.95. The third kappa shape index (κ3) is 3.16. The summed E-state index contributed by atoms with van der Waals surface area (Å²) in [6, 6.07) is 0. The number of hydrogen-bond donors (Lipinski definition) is 2. The molecule has 2 fully saturated rings. The molecule has 0 spiro atoms. The molecule has 112 valence electrons. The van der Waals surface area contributed by atoms with Crippen molar-refractivity contribution in [2.45, 2.75) is 90.1 Å². The van der Waals surface area contributed by atoms with Crippen LogP contribution in [0.5, 0.6) is 0 Å². The lowest BCUT2D eigenvalue weighted by atomic mass is 9.62. The van der Waals surface area contributed by atoms with E-state index >= 15 is 0 Å². The van der Waals surface area contributed by atoms with E-state index in [0.29, 0.717) is 17.3 Å². The Kier molecular flexibility index (Phi) is 4.94. The van der Waals surface area contributed by atoms with Gasteiger partial charge in [-0.05, 0) is 55.8 Å². The molecule has 0 aliphatic heterocycles. The first-order valence-corrected chi connectivity index (χ1v) is 8.62. The van der Waals surface area contributed by atoms with E-state index in [1.54, 1.807) is 0 Å². The first-order chi connectivity index (χ1) is 9.04. The molecular weight excluding hydrogens is 232 g/mol. The van der Waals surface area contributed by atoms with Crippen LogP contribution in [-0.2, 0) is 0 Å². The molecule has 0 aromatic rings. The number of hydrogen-bond acceptors (Lipinski definition) is 2. The lowest BCUT2D eigenvalue weighted by molar-refractivity contribution is 0.0573. The zero-order valence-electron chi connectivity index (χ0n) is 13.1. The summed E-state index contributed by atoms with van der Waals surface area (Å²) in [5.74, 6) is 1.13. The number of nitrogens with two attached hydrogens (primary N) is 2. The van der Waals surface area contributed by atoms with Gasteiger partial charge in [-0.15, -0.1) is 0 Å². The molecule has 2 nitrogen and oxygen atoms in total. The summed E-state index contributed by atoms with van der Waals surface area (Å²) >= 11 is 0. The maximum atomic E-state index is 6.62. The van der Waals surface area contributed by atoms with Crippen molar-refractivity contribution in [3.05, 3.63) is 0 Å². The Labute approximate surface area is 119 Å². The van der Waals surface area contributed by atoms with Gasteiger partial charge in [0.15, 0.2) is 0 Å². The molecule has 0 bridgehead atoms. The van der Waals surface area contributed by atoms with Gasteiger partial charge in [0.2, 0.25) is 0 Å². The van der Waals surface area contributed by atoms with E-state index < -0.39 is 5.66 Å². The van der Waals surface area contributed by atoms with Crippen LogP contribution in [0.2, 0.25) is 0 Å². The summed E-state index contributed by atoms with van der Waals surface area (Å²) in [5.41, 5.74) is 13.4. The van der Waals surface area contributed by atoms with Gasteiger partial charge in [0.1, 0.15) is 0 Å². The molecule has 2 heteroatoms. The Bertz CT molecular complexity index is 265. The van der Waals surface area contributed by atoms with Gasteiger partial charge >= 0.3 is 0 Å². The largest absolute Gasteiger partial charge is 0.313 e. The fourth-order valence-electron chi connectivity index (χ4n) is 4.62. The molecule has 0 heterocycles. The van der Waals surface area contributed by atoms with Crippen molar-refractivity contribution in [1.29, 1.82) is 0 Å². The van der Waals surface area contributed by atoms with Gasteiger partial charge in [-0.3, -0.25) is 0 Å². The van der Waals surface area contributed by atoms with Gasteiger partial charge in [-0.1, -0.05) is 46.0 Å². The molecule has 0 radical (unpaired) electrons. The van der Waals surface area contributed by atoms with E-state index in [1.807, 2.05) is 0 Å². The Morgan fingerprint density at radius 1 is 0.842 bits per heavy atom. The molecule has 19 heavy (non-hydrogen) atoms. The summed E-state index contributed by atoms with van der Waals surface area (Å²) in [6.45, 7) is 4.70. The van der Waals surface area contributed by atoms with Gasteiger partial charge in [0, 0.05) is 0 Å². The van der Waals surface area contributed by atoms with E-state index in [0.717, 1.165) is 0 Å². The standard InChI is InChI=1S/C17H34N2/c1-3-16(4-2)12-10-15(11-13-16)17(18,19)14-8-6-5-7-9-14/h14-15H,3-13,18-19H2,1-2H3. The molecule has 4 N–H and O–H groups in total. The summed E-state index contributed by atoms with van der Waals surface area (Å²) in [6.07, 6.45) is 14.4. The first kappa shape index (κ1) is 15.3. The van der Waals surface area contributed by atoms with Crippen LogP contribution in [0.1, 0.15) is 84.5 Å². The Morgan fingerprint density at radius 3 is 1.79 bits per heavy atom. The van der Waals surface area contributed by atoms with Crippen molar-refractivity contribution >= 4 is 0 Å². The second kappa shape index (κ2) is 6.13. The SMILES string of the molecule is CCC1(CC)CCC(C(N)(N)C2CCCCC2)CC1. The second-order valence-corrected chi connectivity index (χ2v) is 7.32. The molecule has 0 saturated heterocycles. The van der Waals surface area contributed by atoms with Crippen LogP contribution in [0.4, 0.5) is 0 Å². The summed E-state index contributed by atoms with van der Waals surface area (Å²) in [4.78, 5) is 0. The van der Waals surface area contributed by atoms with Crippen molar-refractivity contribution in [3.8, 4) is 0 Å². The zero-order valence-corrected chi connectivity index (χ0v) is 13.1. The van der Waals surface area contributed by atoms with Gasteiger partial charge in [-0.25, -0.2) is 0 Å². The maximum absolute atomic E-state index is 6.62. The quantitative estimate of drug-likeness (QED) is 0.750. The highest BCUT2D eigenvalue weighted by atomic mass is 15.0. The monoisotopic (exact) mass is 266 g/mol. The molecule has 2 aliphatic carbocycles. The first-order valence-electron chi connectivity index (χ1n) is 8.62. The minimum Gasteiger partial charge on any atom is -0.313 e. The summed E-state index contributed by atoms with van der Waals surface area (Å²) in [7, 11) is 0. The van der Waals surface area contributed by atoms with Crippen LogP contribution in [0.15, 0.2) is 0 Å². The highest BCUT2D eigenvalue weighted by Crippen LogP contribution is 2.47. The van der Waals surface area contributed by atoms with Crippen molar-refractivity contribution in [1.82, 2.24) is 0 Å². The van der Waals surface area contributed by atoms with Gasteiger partial charge in [0.05, 0.1) is 5.66 Å². The van der Waals surface area contributed by atoms with Crippen LogP contribution in [0.3, 0.4) is 0 Å². The topological polar surface area (TPSA) is 52.0 Å². The predicted octanol–water partition coefficient (Wildman–Crippen LogP) is 4.18. The lowest BCUT2D eigenvalue weighted by Crippen LogP contribution is -2.62. The summed E-state index contributed by atoms with van der Waals surface area (Å²) < 4.78 is 0. The second-order valence-electron chi connectivity index (χ2n) is 7.32. The molecule has 2 aliphatic rings. The highest BCUT2D eigenvalue weighted by Gasteiger charge is 2.43. The molecule has 0 aromatic carbocycles. The predicted molar refractivity (Wildman–Crippen MR) is 82.7 cm³/mol. The molecule has 2 saturated carbocycles. The van der Waals surface area contributed by atoms with Crippen molar-refractivity contribution in [2.24, 2.45) is 28.7 Å². The average molecular weight is 266 g/mol. The van der Waals surface area contributed by atoms with E-state index in [4.69, 9.17) is 11.5 Å². The average Bonchev–Trinajstić information content (AvgIpc) is 2.48. The Hall–Kier alpha value is -0.0800. The fraction of sp³-hybridized carbons (Fsp3) is 1.00. The summed E-state index contributed by atoms with van der Waals surface area (Å²) in [5, 5.41) is 0. The van der Waals surface area contributed by atoms with Crippen molar-refractivity contribution in [2.75, 3.05) is 0 Å². The van der Waals surface area contributed by atoms with Gasteiger partial charge in [0.25, 0.3) is 0 Å². The van der Waals surface area contributed by atoms with Crippen molar-refractivity contribution < 1.29 is 0 Å². The molecule has 2 rings (SSSR count). The minimum absolute atomic E-state index is 0.395. The molecular formula is C17H34N2. The lowest BCUT2D eigenvalue weighted by Gasteiger charge is -2.48. The zero-order chi connectivity index (χ0) is 13.9. The molecule has 0 amide bonds. The van der Waals surface area contributed by atoms with Gasteiger partial charge in [-0.2, -0.15) is 0 Å². The van der Waals surface area contributed by atoms with Crippen LogP contribution in [-0.4, -0.2) is 5.66 Å². The van der Waals surface area contributed by atoms with E-state index in [1.165, 1.54) is 70.6 Å². The van der Waals surface area contributed by atoms with E-state index in [9.17, 15) is 0 Å². The fourth-order valence-corrected chi connectivity index (χ4v) is 4.62. The van der Waals surface area contributed by atoms with Crippen molar-refractivity contribution in [3.63, 3.8) is 0 Å². The maximum Gasteiger partial charge on any atom is 0.0694 e. The normalized spacial score (nSPS) is 26.5. The Morgan fingerprint density at radius 2 is 1.32 bits per heavy atom. The van der Waals surface area contributed by atoms with Crippen LogP contribution in [0, 0.1) is 17.3 Å². The van der Waals surface area contributed by atoms with Crippen LogP contribution < -0.4 is 11.5 Å². The number of rotatable bonds is 4. The third-order valence-corrected chi connectivity index (χ3v) is 6.57. The van der Waals surface area contributed by atoms with E-state index in [2.05, 4.69) is 13.8 Å². The molecule has 0 unspecified atom stereocenters. The smallest absolute Gasteiger partial charge is 0.0694 e. The minimum atomic E-state index is -0.395. The van der Waals surface area contributed by atoms with Crippen LogP contribution >= 0.6 is 0 Å². The van der Waals surface area contributed by atoms with E-state index in [-0.39, 0.29) is 0 Å². The van der Waals surface area contributed by atoms with Crippen LogP contribution in [0.25, 0.3) is 0 Å². The van der Waals surface area contributed by atoms with Gasteiger partial charge < -0.3 is 11.5 Å².